The van der Waals surface area contributed by atoms with Crippen LogP contribution in [0.25, 0.3) is 0 Å². The van der Waals surface area contributed by atoms with E-state index in [1.54, 1.807) is 14.2 Å². The highest BCUT2D eigenvalue weighted by Crippen LogP contribution is 2.32. The summed E-state index contributed by atoms with van der Waals surface area (Å²) in [5.41, 5.74) is 2.48. The Morgan fingerprint density at radius 1 is 0.769 bits per heavy atom. The largest absolute Gasteiger partial charge is 0.493 e. The highest BCUT2D eigenvalue weighted by atomic mass is 16.7. The molecule has 5 nitrogen and oxygen atoms in total. The maximum atomic E-state index is 5.76. The van der Waals surface area contributed by atoms with Gasteiger partial charge in [-0.2, -0.15) is 0 Å². The average Bonchev–Trinajstić information content (AvgIpc) is 3.14. The first-order valence-corrected chi connectivity index (χ1v) is 8.97. The lowest BCUT2D eigenvalue weighted by Gasteiger charge is -2.10. The van der Waals surface area contributed by atoms with Crippen molar-refractivity contribution < 1.29 is 23.7 Å². The fraction of sp³-hybridized carbons (Fsp3) is 0.429. The molecule has 0 atom stereocenters. The molecule has 0 bridgehead atoms. The summed E-state index contributed by atoms with van der Waals surface area (Å²) < 4.78 is 27.1. The van der Waals surface area contributed by atoms with Crippen LogP contribution in [0.1, 0.15) is 24.0 Å². The molecule has 0 amide bonds. The Labute approximate surface area is 154 Å². The van der Waals surface area contributed by atoms with Gasteiger partial charge in [0.25, 0.3) is 0 Å². The molecule has 1 heterocycles. The third-order valence-corrected chi connectivity index (χ3v) is 4.39. The molecular formula is C21H26O5. The summed E-state index contributed by atoms with van der Waals surface area (Å²) in [6.07, 6.45) is 3.92. The minimum Gasteiger partial charge on any atom is -0.493 e. The molecule has 2 aromatic carbocycles. The minimum atomic E-state index is 0.321. The van der Waals surface area contributed by atoms with Crippen LogP contribution in [-0.4, -0.2) is 34.2 Å². The van der Waals surface area contributed by atoms with E-state index in [-0.39, 0.29) is 0 Å². The number of aryl methyl sites for hydroxylation is 2. The van der Waals surface area contributed by atoms with E-state index in [1.165, 1.54) is 11.1 Å². The van der Waals surface area contributed by atoms with E-state index in [1.807, 2.05) is 18.2 Å². The Balaban J connectivity index is 1.31. The zero-order chi connectivity index (χ0) is 18.2. The van der Waals surface area contributed by atoms with Gasteiger partial charge in [0.05, 0.1) is 14.2 Å². The Morgan fingerprint density at radius 3 is 2.15 bits per heavy atom. The second kappa shape index (κ2) is 9.34. The monoisotopic (exact) mass is 358 g/mol. The van der Waals surface area contributed by atoms with E-state index in [2.05, 4.69) is 18.2 Å². The molecule has 0 fully saturated rings. The minimum absolute atomic E-state index is 0.321. The van der Waals surface area contributed by atoms with Gasteiger partial charge in [-0.1, -0.05) is 12.1 Å². The van der Waals surface area contributed by atoms with Gasteiger partial charge in [-0.3, -0.25) is 0 Å². The number of benzene rings is 2. The fourth-order valence-electron chi connectivity index (χ4n) is 2.99. The molecule has 26 heavy (non-hydrogen) atoms. The summed E-state index contributed by atoms with van der Waals surface area (Å²) in [6, 6.07) is 12.2. The predicted octanol–water partition coefficient (Wildman–Crippen LogP) is 4.01. The lowest BCUT2D eigenvalue weighted by Crippen LogP contribution is -2.00. The van der Waals surface area contributed by atoms with Crippen LogP contribution in [0, 0.1) is 0 Å². The number of methoxy groups -OCH3 is 2. The third kappa shape index (κ3) is 4.82. The second-order valence-electron chi connectivity index (χ2n) is 6.20. The van der Waals surface area contributed by atoms with Crippen LogP contribution in [0.5, 0.6) is 23.0 Å². The van der Waals surface area contributed by atoms with Crippen LogP contribution in [0.2, 0.25) is 0 Å². The van der Waals surface area contributed by atoms with E-state index in [0.29, 0.717) is 6.79 Å². The van der Waals surface area contributed by atoms with Gasteiger partial charge in [-0.05, 0) is 61.1 Å². The van der Waals surface area contributed by atoms with Crippen LogP contribution < -0.4 is 18.9 Å². The molecule has 140 valence electrons. The average molecular weight is 358 g/mol. The molecule has 0 aliphatic carbocycles. The van der Waals surface area contributed by atoms with Crippen molar-refractivity contribution in [2.75, 3.05) is 34.2 Å². The summed E-state index contributed by atoms with van der Waals surface area (Å²) in [5, 5.41) is 0. The van der Waals surface area contributed by atoms with E-state index < -0.39 is 0 Å². The lowest BCUT2D eigenvalue weighted by atomic mass is 10.1. The number of hydrogen-bond donors (Lipinski definition) is 0. The molecule has 0 N–H and O–H groups in total. The molecule has 0 saturated carbocycles. The van der Waals surface area contributed by atoms with Crippen molar-refractivity contribution in [1.82, 2.24) is 0 Å². The van der Waals surface area contributed by atoms with Crippen molar-refractivity contribution in [3.8, 4) is 23.0 Å². The molecule has 1 aliphatic heterocycles. The quantitative estimate of drug-likeness (QED) is 0.601. The van der Waals surface area contributed by atoms with Crippen LogP contribution >= 0.6 is 0 Å². The third-order valence-electron chi connectivity index (χ3n) is 4.39. The van der Waals surface area contributed by atoms with Gasteiger partial charge in [0.1, 0.15) is 0 Å². The lowest BCUT2D eigenvalue weighted by molar-refractivity contribution is 0.129. The molecule has 0 saturated heterocycles. The van der Waals surface area contributed by atoms with Crippen molar-refractivity contribution in [1.29, 1.82) is 0 Å². The Hall–Kier alpha value is -2.40. The number of rotatable bonds is 10. The first kappa shape index (κ1) is 18.4. The molecule has 0 spiro atoms. The van der Waals surface area contributed by atoms with Crippen LogP contribution in [0.4, 0.5) is 0 Å². The molecule has 5 heteroatoms. The van der Waals surface area contributed by atoms with Gasteiger partial charge in [-0.15, -0.1) is 0 Å². The highest BCUT2D eigenvalue weighted by molar-refractivity contribution is 5.44. The molecule has 0 radical (unpaired) electrons. The molecule has 0 aromatic heterocycles. The van der Waals surface area contributed by atoms with Gasteiger partial charge in [0, 0.05) is 13.2 Å². The van der Waals surface area contributed by atoms with Gasteiger partial charge in [0.2, 0.25) is 6.79 Å². The normalized spacial score (nSPS) is 12.2. The van der Waals surface area contributed by atoms with Crippen LogP contribution in [-0.2, 0) is 17.6 Å². The highest BCUT2D eigenvalue weighted by Gasteiger charge is 2.12. The van der Waals surface area contributed by atoms with Gasteiger partial charge in [-0.25, -0.2) is 0 Å². The first-order chi connectivity index (χ1) is 12.8. The van der Waals surface area contributed by atoms with Crippen molar-refractivity contribution in [2.24, 2.45) is 0 Å². The maximum absolute atomic E-state index is 5.76. The Kier molecular flexibility index (Phi) is 6.61. The van der Waals surface area contributed by atoms with Crippen molar-refractivity contribution in [2.45, 2.75) is 25.7 Å². The summed E-state index contributed by atoms with van der Waals surface area (Å²) in [7, 11) is 3.31. The van der Waals surface area contributed by atoms with Crippen molar-refractivity contribution in [3.63, 3.8) is 0 Å². The van der Waals surface area contributed by atoms with Gasteiger partial charge < -0.3 is 23.7 Å². The number of fused-ring (bicyclic) bond motifs is 1. The summed E-state index contributed by atoms with van der Waals surface area (Å²) in [5.74, 6) is 3.21. The molecule has 0 unspecified atom stereocenters. The van der Waals surface area contributed by atoms with Gasteiger partial charge >= 0.3 is 0 Å². The molecule has 1 aliphatic rings. The number of ether oxygens (including phenoxy) is 5. The smallest absolute Gasteiger partial charge is 0.231 e. The van der Waals surface area contributed by atoms with Crippen LogP contribution in [0.15, 0.2) is 36.4 Å². The van der Waals surface area contributed by atoms with E-state index >= 15 is 0 Å². The molecule has 3 rings (SSSR count). The predicted molar refractivity (Wildman–Crippen MR) is 99.6 cm³/mol. The fourth-order valence-corrected chi connectivity index (χ4v) is 2.99. The summed E-state index contributed by atoms with van der Waals surface area (Å²) >= 11 is 0. The summed E-state index contributed by atoms with van der Waals surface area (Å²) in [6.45, 7) is 1.85. The zero-order valence-corrected chi connectivity index (χ0v) is 15.5. The zero-order valence-electron chi connectivity index (χ0n) is 15.5. The first-order valence-electron chi connectivity index (χ1n) is 8.97. The maximum Gasteiger partial charge on any atom is 0.231 e. The van der Waals surface area contributed by atoms with Crippen molar-refractivity contribution >= 4 is 0 Å². The van der Waals surface area contributed by atoms with Crippen molar-refractivity contribution in [3.05, 3.63) is 47.5 Å². The second-order valence-corrected chi connectivity index (χ2v) is 6.20. The van der Waals surface area contributed by atoms with E-state index in [9.17, 15) is 0 Å². The van der Waals surface area contributed by atoms with E-state index in [4.69, 9.17) is 23.7 Å². The Morgan fingerprint density at radius 2 is 1.42 bits per heavy atom. The molecular weight excluding hydrogens is 332 g/mol. The SMILES string of the molecule is COc1ccc(CCCOCCCc2ccc3c(c2)OCO3)cc1OC. The standard InChI is InChI=1S/C21H26O5/c1-22-18-9-7-16(13-20(18)23-2)5-3-11-24-12-4-6-17-8-10-19-21(14-17)26-15-25-19/h7-10,13-14H,3-6,11-12,15H2,1-2H3. The van der Waals surface area contributed by atoms with Gasteiger partial charge in [0.15, 0.2) is 23.0 Å². The number of hydrogen-bond acceptors (Lipinski definition) is 5. The van der Waals surface area contributed by atoms with E-state index in [0.717, 1.165) is 61.9 Å². The van der Waals surface area contributed by atoms with Crippen LogP contribution in [0.3, 0.4) is 0 Å². The Bertz CT molecular complexity index is 714. The summed E-state index contributed by atoms with van der Waals surface area (Å²) in [4.78, 5) is 0. The molecule has 2 aromatic rings. The topological polar surface area (TPSA) is 46.2 Å².